The topological polar surface area (TPSA) is 203 Å². The molecule has 0 aliphatic rings. The number of hydrogen-bond acceptors (Lipinski definition) is 10. The SMILES string of the molecule is CC(C)(C)OC(=O)CCC(NC(=O)NC(CCCCNC(=O)c1ccc(CCC(=O)CCCC(=O)O)cc1)C(=O)OC(C)(C)C)C(=O)OC(C)(C)C. The first-order valence-corrected chi connectivity index (χ1v) is 17.8. The third kappa shape index (κ3) is 21.7. The lowest BCUT2D eigenvalue weighted by Gasteiger charge is -2.27. The Morgan fingerprint density at radius 1 is 0.635 bits per heavy atom. The summed E-state index contributed by atoms with van der Waals surface area (Å²) in [6, 6.07) is 3.77. The Balaban J connectivity index is 2.76. The minimum atomic E-state index is -1.20. The van der Waals surface area contributed by atoms with Crippen molar-refractivity contribution < 1.29 is 52.9 Å². The molecule has 0 saturated heterocycles. The van der Waals surface area contributed by atoms with E-state index in [-0.39, 0.29) is 43.8 Å². The van der Waals surface area contributed by atoms with Crippen LogP contribution in [0.1, 0.15) is 136 Å². The maximum Gasteiger partial charge on any atom is 0.329 e. The Labute approximate surface area is 307 Å². The van der Waals surface area contributed by atoms with Gasteiger partial charge in [-0.05, 0) is 119 Å². The van der Waals surface area contributed by atoms with Gasteiger partial charge in [0.2, 0.25) is 0 Å². The molecule has 1 aromatic carbocycles. The molecule has 1 rings (SSSR count). The van der Waals surface area contributed by atoms with E-state index in [0.29, 0.717) is 44.2 Å². The van der Waals surface area contributed by atoms with Gasteiger partial charge in [0.25, 0.3) is 5.91 Å². The zero-order chi connectivity index (χ0) is 39.7. The number of urea groups is 1. The largest absolute Gasteiger partial charge is 0.481 e. The highest BCUT2D eigenvalue weighted by molar-refractivity contribution is 5.94. The number of amides is 3. The Kier molecular flexibility index (Phi) is 18.5. The van der Waals surface area contributed by atoms with Crippen LogP contribution in [-0.4, -0.2) is 82.1 Å². The highest BCUT2D eigenvalue weighted by Gasteiger charge is 2.31. The van der Waals surface area contributed by atoms with Crippen LogP contribution in [0.2, 0.25) is 0 Å². The first kappa shape index (κ1) is 45.5. The van der Waals surface area contributed by atoms with E-state index in [0.717, 1.165) is 5.56 Å². The minimum Gasteiger partial charge on any atom is -0.481 e. The van der Waals surface area contributed by atoms with E-state index in [1.807, 2.05) is 0 Å². The van der Waals surface area contributed by atoms with Crippen LogP contribution in [-0.2, 0) is 44.6 Å². The van der Waals surface area contributed by atoms with Crippen molar-refractivity contribution in [1.82, 2.24) is 16.0 Å². The molecule has 52 heavy (non-hydrogen) atoms. The fourth-order valence-corrected chi connectivity index (χ4v) is 4.70. The maximum atomic E-state index is 13.1. The van der Waals surface area contributed by atoms with Crippen LogP contribution in [0, 0.1) is 0 Å². The second-order valence-electron chi connectivity index (χ2n) is 15.6. The van der Waals surface area contributed by atoms with Gasteiger partial charge in [-0.3, -0.25) is 19.2 Å². The molecular weight excluding hydrogens is 674 g/mol. The molecule has 2 atom stereocenters. The number of hydrogen-bond donors (Lipinski definition) is 4. The number of ether oxygens (including phenoxy) is 3. The molecule has 1 aromatic rings. The first-order chi connectivity index (χ1) is 23.9. The lowest BCUT2D eigenvalue weighted by atomic mass is 10.0. The Morgan fingerprint density at radius 2 is 1.15 bits per heavy atom. The van der Waals surface area contributed by atoms with Crippen molar-refractivity contribution in [3.8, 4) is 0 Å². The van der Waals surface area contributed by atoms with Crippen molar-refractivity contribution >= 4 is 41.6 Å². The van der Waals surface area contributed by atoms with E-state index in [1.165, 1.54) is 0 Å². The molecule has 0 heterocycles. The molecular formula is C38H59N3O11. The molecule has 0 radical (unpaired) electrons. The molecule has 0 aliphatic heterocycles. The number of benzene rings is 1. The molecule has 2 unspecified atom stereocenters. The van der Waals surface area contributed by atoms with Gasteiger partial charge in [0, 0.05) is 37.8 Å². The van der Waals surface area contributed by atoms with Crippen molar-refractivity contribution in [3.05, 3.63) is 35.4 Å². The molecule has 3 amide bonds. The van der Waals surface area contributed by atoms with Gasteiger partial charge >= 0.3 is 29.9 Å². The summed E-state index contributed by atoms with van der Waals surface area (Å²) in [5, 5.41) is 16.7. The molecule has 292 valence electrons. The first-order valence-electron chi connectivity index (χ1n) is 17.8. The second kappa shape index (κ2) is 21.1. The van der Waals surface area contributed by atoms with Crippen molar-refractivity contribution in [2.24, 2.45) is 0 Å². The van der Waals surface area contributed by atoms with Gasteiger partial charge in [-0.2, -0.15) is 0 Å². The molecule has 0 aliphatic carbocycles. The number of carbonyl (C=O) groups excluding carboxylic acids is 6. The number of Topliss-reactive ketones (excluding diaryl/α,β-unsaturated/α-hetero) is 1. The Bertz CT molecular complexity index is 1370. The zero-order valence-electron chi connectivity index (χ0n) is 32.3. The van der Waals surface area contributed by atoms with Crippen LogP contribution >= 0.6 is 0 Å². The van der Waals surface area contributed by atoms with Crippen LogP contribution in [0.4, 0.5) is 4.79 Å². The second-order valence-corrected chi connectivity index (χ2v) is 15.6. The van der Waals surface area contributed by atoms with Gasteiger partial charge in [-0.25, -0.2) is 14.4 Å². The average Bonchev–Trinajstić information content (AvgIpc) is 2.98. The standard InChI is InChI=1S/C38H59N3O11/c1-36(2,3)50-31(45)23-22-29(34(48)52-38(7,8)9)41-35(49)40-28(33(47)51-37(4,5)6)14-10-11-24-39-32(46)26-19-16-25(17-20-26)18-21-27(42)13-12-15-30(43)44/h16-17,19-20,28-29H,10-15,18,21-24H2,1-9H3,(H,39,46)(H,43,44)(H2,40,41,49). The average molecular weight is 734 g/mol. The van der Waals surface area contributed by atoms with Gasteiger partial charge in [0.1, 0.15) is 34.7 Å². The predicted molar refractivity (Wildman–Crippen MR) is 193 cm³/mol. The van der Waals surface area contributed by atoms with E-state index in [9.17, 15) is 33.6 Å². The zero-order valence-corrected chi connectivity index (χ0v) is 32.3. The van der Waals surface area contributed by atoms with E-state index in [2.05, 4.69) is 16.0 Å². The molecule has 0 saturated carbocycles. The van der Waals surface area contributed by atoms with Crippen LogP contribution < -0.4 is 16.0 Å². The fourth-order valence-electron chi connectivity index (χ4n) is 4.70. The van der Waals surface area contributed by atoms with Crippen LogP contribution in [0.15, 0.2) is 24.3 Å². The number of unbranched alkanes of at least 4 members (excludes halogenated alkanes) is 1. The maximum absolute atomic E-state index is 13.1. The number of aliphatic carboxylic acids is 1. The highest BCUT2D eigenvalue weighted by Crippen LogP contribution is 2.15. The van der Waals surface area contributed by atoms with Crippen LogP contribution in [0.3, 0.4) is 0 Å². The summed E-state index contributed by atoms with van der Waals surface area (Å²) < 4.78 is 16.3. The number of carboxylic acid groups (broad SMARTS) is 1. The molecule has 0 fully saturated rings. The van der Waals surface area contributed by atoms with Gasteiger partial charge in [-0.1, -0.05) is 12.1 Å². The smallest absolute Gasteiger partial charge is 0.329 e. The molecule has 0 aromatic heterocycles. The number of carbonyl (C=O) groups is 7. The molecule has 0 bridgehead atoms. The van der Waals surface area contributed by atoms with Crippen molar-refractivity contribution in [3.63, 3.8) is 0 Å². The highest BCUT2D eigenvalue weighted by atomic mass is 16.6. The monoisotopic (exact) mass is 733 g/mol. The third-order valence-electron chi connectivity index (χ3n) is 7.01. The predicted octanol–water partition coefficient (Wildman–Crippen LogP) is 5.19. The van der Waals surface area contributed by atoms with E-state index < -0.39 is 58.8 Å². The summed E-state index contributed by atoms with van der Waals surface area (Å²) in [5.41, 5.74) is -1.09. The van der Waals surface area contributed by atoms with E-state index >= 15 is 0 Å². The minimum absolute atomic E-state index is 0.00639. The third-order valence-corrected chi connectivity index (χ3v) is 7.01. The summed E-state index contributed by atoms with van der Waals surface area (Å²) in [5.74, 6) is -3.19. The normalized spacial score (nSPS) is 12.9. The summed E-state index contributed by atoms with van der Waals surface area (Å²) >= 11 is 0. The number of carboxylic acids is 1. The van der Waals surface area contributed by atoms with Gasteiger partial charge in [-0.15, -0.1) is 0 Å². The summed E-state index contributed by atoms with van der Waals surface area (Å²) in [6.45, 7) is 15.6. The van der Waals surface area contributed by atoms with Crippen molar-refractivity contribution in [2.75, 3.05) is 6.54 Å². The lowest BCUT2D eigenvalue weighted by Crippen LogP contribution is -2.53. The van der Waals surface area contributed by atoms with Gasteiger partial charge in [0.15, 0.2) is 0 Å². The van der Waals surface area contributed by atoms with Gasteiger partial charge < -0.3 is 35.3 Å². The van der Waals surface area contributed by atoms with Crippen molar-refractivity contribution in [1.29, 1.82) is 0 Å². The Morgan fingerprint density at radius 3 is 1.65 bits per heavy atom. The van der Waals surface area contributed by atoms with Crippen LogP contribution in [0.5, 0.6) is 0 Å². The summed E-state index contributed by atoms with van der Waals surface area (Å²) in [4.78, 5) is 86.8. The number of nitrogens with one attached hydrogen (secondary N) is 3. The van der Waals surface area contributed by atoms with E-state index in [4.69, 9.17) is 19.3 Å². The Hall–Kier alpha value is -4.49. The molecule has 14 nitrogen and oxygen atoms in total. The van der Waals surface area contributed by atoms with Crippen molar-refractivity contribution in [2.45, 2.75) is 155 Å². The summed E-state index contributed by atoms with van der Waals surface area (Å²) in [7, 11) is 0. The molecule has 0 spiro atoms. The number of esters is 3. The molecule has 14 heteroatoms. The number of rotatable bonds is 20. The fraction of sp³-hybridized carbons (Fsp3) is 0.658. The van der Waals surface area contributed by atoms with Crippen LogP contribution in [0.25, 0.3) is 0 Å². The molecule has 4 N–H and O–H groups in total. The number of aryl methyl sites for hydroxylation is 1. The summed E-state index contributed by atoms with van der Waals surface area (Å²) in [6.07, 6.45) is 2.12. The quantitative estimate of drug-likeness (QED) is 0.0781. The number of ketones is 1. The van der Waals surface area contributed by atoms with E-state index in [1.54, 1.807) is 86.6 Å². The lowest BCUT2D eigenvalue weighted by molar-refractivity contribution is -0.159. The van der Waals surface area contributed by atoms with Gasteiger partial charge in [0.05, 0.1) is 0 Å².